The van der Waals surface area contributed by atoms with Crippen LogP contribution in [0.3, 0.4) is 0 Å². The van der Waals surface area contributed by atoms with E-state index in [2.05, 4.69) is 10.3 Å². The van der Waals surface area contributed by atoms with E-state index in [0.717, 1.165) is 12.2 Å². The molecule has 4 nitrogen and oxygen atoms in total. The normalized spacial score (nSPS) is 9.75. The Hall–Kier alpha value is -1.29. The molecule has 0 bridgehead atoms. The molecule has 3 N–H and O–H groups in total. The summed E-state index contributed by atoms with van der Waals surface area (Å²) >= 11 is 0. The highest BCUT2D eigenvalue weighted by Crippen LogP contribution is 2.13. The second-order valence-corrected chi connectivity index (χ2v) is 2.38. The van der Waals surface area contributed by atoms with Crippen LogP contribution in [0.5, 0.6) is 0 Å². The van der Waals surface area contributed by atoms with Crippen molar-refractivity contribution in [3.63, 3.8) is 0 Å². The Morgan fingerprint density at radius 2 is 2.50 bits per heavy atom. The lowest BCUT2D eigenvalue weighted by Crippen LogP contribution is -2.09. The third-order valence-corrected chi connectivity index (χ3v) is 1.47. The molecule has 0 atom stereocenters. The summed E-state index contributed by atoms with van der Waals surface area (Å²) in [4.78, 5) is 3.88. The fourth-order valence-corrected chi connectivity index (χ4v) is 0.855. The van der Waals surface area contributed by atoms with Gasteiger partial charge < -0.3 is 15.8 Å². The van der Waals surface area contributed by atoms with Gasteiger partial charge in [-0.25, -0.2) is 0 Å². The van der Waals surface area contributed by atoms with Crippen molar-refractivity contribution in [3.05, 3.63) is 18.5 Å². The van der Waals surface area contributed by atoms with Gasteiger partial charge in [0.05, 0.1) is 24.2 Å². The minimum atomic E-state index is 0.661. The topological polar surface area (TPSA) is 60.2 Å². The largest absolute Gasteiger partial charge is 0.396 e. The van der Waals surface area contributed by atoms with Gasteiger partial charge in [-0.3, -0.25) is 4.98 Å². The number of ether oxygens (including phenoxy) is 1. The molecule has 0 radical (unpaired) electrons. The molecular weight excluding hydrogens is 154 g/mol. The molecule has 1 aromatic heterocycles. The van der Waals surface area contributed by atoms with Crippen LogP contribution in [0.15, 0.2) is 18.5 Å². The highest BCUT2D eigenvalue weighted by molar-refractivity contribution is 5.64. The van der Waals surface area contributed by atoms with E-state index >= 15 is 0 Å². The van der Waals surface area contributed by atoms with Crippen LogP contribution in [0.4, 0.5) is 11.4 Å². The first-order chi connectivity index (χ1) is 5.84. The number of pyridine rings is 1. The molecule has 0 aliphatic rings. The standard InChI is InChI=1S/C8H13N3O/c1-12-5-4-11-8-2-3-10-6-7(8)9/h2-3,6H,4-5,9H2,1H3,(H,10,11). The maximum Gasteiger partial charge on any atom is 0.0736 e. The van der Waals surface area contributed by atoms with Gasteiger partial charge >= 0.3 is 0 Å². The highest BCUT2D eigenvalue weighted by Gasteiger charge is 1.94. The second kappa shape index (κ2) is 4.56. The summed E-state index contributed by atoms with van der Waals surface area (Å²) in [6.45, 7) is 1.42. The van der Waals surface area contributed by atoms with Crippen molar-refractivity contribution in [2.24, 2.45) is 0 Å². The molecular formula is C8H13N3O. The Bertz CT molecular complexity index is 239. The predicted molar refractivity (Wildman–Crippen MR) is 49.0 cm³/mol. The number of aromatic nitrogens is 1. The number of anilines is 2. The van der Waals surface area contributed by atoms with Gasteiger partial charge in [0.15, 0.2) is 0 Å². The lowest BCUT2D eigenvalue weighted by atomic mass is 10.3. The van der Waals surface area contributed by atoms with E-state index in [0.29, 0.717) is 12.3 Å². The monoisotopic (exact) mass is 167 g/mol. The number of nitrogens with one attached hydrogen (secondary N) is 1. The van der Waals surface area contributed by atoms with Crippen molar-refractivity contribution in [2.45, 2.75) is 0 Å². The maximum absolute atomic E-state index is 5.64. The Morgan fingerprint density at radius 1 is 1.67 bits per heavy atom. The first-order valence-corrected chi connectivity index (χ1v) is 3.77. The van der Waals surface area contributed by atoms with Crippen LogP contribution in [0.2, 0.25) is 0 Å². The molecule has 12 heavy (non-hydrogen) atoms. The lowest BCUT2D eigenvalue weighted by Gasteiger charge is -2.06. The first kappa shape index (κ1) is 8.80. The van der Waals surface area contributed by atoms with E-state index in [4.69, 9.17) is 10.5 Å². The van der Waals surface area contributed by atoms with Crippen molar-refractivity contribution >= 4 is 11.4 Å². The van der Waals surface area contributed by atoms with Crippen molar-refractivity contribution < 1.29 is 4.74 Å². The van der Waals surface area contributed by atoms with E-state index in [9.17, 15) is 0 Å². The molecule has 0 saturated heterocycles. The first-order valence-electron chi connectivity index (χ1n) is 3.77. The van der Waals surface area contributed by atoms with Crippen LogP contribution in [0.25, 0.3) is 0 Å². The minimum Gasteiger partial charge on any atom is -0.396 e. The van der Waals surface area contributed by atoms with Gasteiger partial charge in [0.2, 0.25) is 0 Å². The van der Waals surface area contributed by atoms with Crippen molar-refractivity contribution in [2.75, 3.05) is 31.3 Å². The lowest BCUT2D eigenvalue weighted by molar-refractivity contribution is 0.211. The van der Waals surface area contributed by atoms with E-state index in [1.54, 1.807) is 19.5 Å². The zero-order valence-electron chi connectivity index (χ0n) is 7.08. The van der Waals surface area contributed by atoms with Crippen molar-refractivity contribution in [1.82, 2.24) is 4.98 Å². The third-order valence-electron chi connectivity index (χ3n) is 1.47. The number of hydrogen-bond acceptors (Lipinski definition) is 4. The van der Waals surface area contributed by atoms with Crippen molar-refractivity contribution in [1.29, 1.82) is 0 Å². The summed E-state index contributed by atoms with van der Waals surface area (Å²) in [5, 5.41) is 3.12. The Kier molecular flexibility index (Phi) is 3.35. The Morgan fingerprint density at radius 3 is 3.17 bits per heavy atom. The molecule has 0 aliphatic heterocycles. The number of hydrogen-bond donors (Lipinski definition) is 2. The van der Waals surface area contributed by atoms with Gasteiger partial charge in [0.25, 0.3) is 0 Å². The summed E-state index contributed by atoms with van der Waals surface area (Å²) in [6.07, 6.45) is 3.32. The fraction of sp³-hybridized carbons (Fsp3) is 0.375. The average Bonchev–Trinajstić information content (AvgIpc) is 2.09. The van der Waals surface area contributed by atoms with E-state index in [1.165, 1.54) is 0 Å². The highest BCUT2D eigenvalue weighted by atomic mass is 16.5. The molecule has 1 heterocycles. The van der Waals surface area contributed by atoms with Gasteiger partial charge in [-0.05, 0) is 6.07 Å². The second-order valence-electron chi connectivity index (χ2n) is 2.38. The summed E-state index contributed by atoms with van der Waals surface area (Å²) in [7, 11) is 1.66. The number of nitrogen functional groups attached to an aromatic ring is 1. The summed E-state index contributed by atoms with van der Waals surface area (Å²) < 4.78 is 4.88. The average molecular weight is 167 g/mol. The third kappa shape index (κ3) is 2.39. The zero-order chi connectivity index (χ0) is 8.81. The molecule has 0 fully saturated rings. The Labute approximate surface area is 71.7 Å². The molecule has 1 rings (SSSR count). The number of methoxy groups -OCH3 is 1. The quantitative estimate of drug-likeness (QED) is 0.649. The van der Waals surface area contributed by atoms with Crippen molar-refractivity contribution in [3.8, 4) is 0 Å². The van der Waals surface area contributed by atoms with Crippen LogP contribution < -0.4 is 11.1 Å². The van der Waals surface area contributed by atoms with Gasteiger partial charge in [-0.2, -0.15) is 0 Å². The van der Waals surface area contributed by atoms with Gasteiger partial charge in [0.1, 0.15) is 0 Å². The molecule has 66 valence electrons. The Balaban J connectivity index is 2.46. The fourth-order valence-electron chi connectivity index (χ4n) is 0.855. The van der Waals surface area contributed by atoms with E-state index < -0.39 is 0 Å². The van der Waals surface area contributed by atoms with E-state index in [1.807, 2.05) is 6.07 Å². The van der Waals surface area contributed by atoms with Crippen LogP contribution in [0.1, 0.15) is 0 Å². The summed E-state index contributed by atoms with van der Waals surface area (Å²) in [5.41, 5.74) is 7.20. The number of nitrogens with two attached hydrogens (primary N) is 1. The number of rotatable bonds is 4. The predicted octanol–water partition coefficient (Wildman–Crippen LogP) is 0.722. The van der Waals surface area contributed by atoms with Crippen LogP contribution in [0, 0.1) is 0 Å². The smallest absolute Gasteiger partial charge is 0.0736 e. The van der Waals surface area contributed by atoms with Crippen LogP contribution in [-0.4, -0.2) is 25.2 Å². The van der Waals surface area contributed by atoms with Gasteiger partial charge in [0, 0.05) is 19.9 Å². The minimum absolute atomic E-state index is 0.661. The van der Waals surface area contributed by atoms with Crippen LogP contribution >= 0.6 is 0 Å². The van der Waals surface area contributed by atoms with Gasteiger partial charge in [-0.15, -0.1) is 0 Å². The summed E-state index contributed by atoms with van der Waals surface area (Å²) in [6, 6.07) is 1.84. The molecule has 0 aromatic carbocycles. The molecule has 0 unspecified atom stereocenters. The SMILES string of the molecule is COCCNc1ccncc1N. The molecule has 1 aromatic rings. The van der Waals surface area contributed by atoms with Gasteiger partial charge in [-0.1, -0.05) is 0 Å². The molecule has 0 aliphatic carbocycles. The maximum atomic E-state index is 5.64. The summed E-state index contributed by atoms with van der Waals surface area (Å²) in [5.74, 6) is 0. The number of nitrogens with zero attached hydrogens (tertiary/aromatic N) is 1. The zero-order valence-corrected chi connectivity index (χ0v) is 7.08. The van der Waals surface area contributed by atoms with Crippen LogP contribution in [-0.2, 0) is 4.74 Å². The molecule has 0 amide bonds. The molecule has 0 saturated carbocycles. The molecule has 0 spiro atoms. The van der Waals surface area contributed by atoms with E-state index in [-0.39, 0.29) is 0 Å². The molecule has 4 heteroatoms.